The van der Waals surface area contributed by atoms with Crippen LogP contribution in [-0.2, 0) is 13.0 Å². The number of anilines is 1. The topological polar surface area (TPSA) is 55.1 Å². The molecule has 0 unspecified atom stereocenters. The number of fused-ring (bicyclic) bond motifs is 1. The van der Waals surface area contributed by atoms with Gasteiger partial charge in [-0.05, 0) is 18.9 Å². The molecule has 0 saturated heterocycles. The van der Waals surface area contributed by atoms with Crippen molar-refractivity contribution >= 4 is 11.5 Å². The van der Waals surface area contributed by atoms with Crippen molar-refractivity contribution < 1.29 is 0 Å². The molecule has 5 heteroatoms. The predicted octanol–water partition coefficient (Wildman–Crippen LogP) is 3.00. The van der Waals surface area contributed by atoms with Crippen LogP contribution in [0.2, 0.25) is 0 Å². The normalized spacial score (nSPS) is 11.0. The van der Waals surface area contributed by atoms with Gasteiger partial charge in [0.15, 0.2) is 0 Å². The zero-order chi connectivity index (χ0) is 14.7. The van der Waals surface area contributed by atoms with E-state index in [1.54, 1.807) is 0 Å². The van der Waals surface area contributed by atoms with Gasteiger partial charge in [-0.15, -0.1) is 5.10 Å². The quantitative estimate of drug-likeness (QED) is 0.781. The van der Waals surface area contributed by atoms with Crippen LogP contribution in [0.25, 0.3) is 5.52 Å². The van der Waals surface area contributed by atoms with Gasteiger partial charge in [-0.3, -0.25) is 0 Å². The highest BCUT2D eigenvalue weighted by molar-refractivity contribution is 5.51. The van der Waals surface area contributed by atoms with Crippen LogP contribution in [-0.4, -0.2) is 19.6 Å². The largest absolute Gasteiger partial charge is 0.349 e. The molecule has 3 rings (SSSR count). The molecule has 0 atom stereocenters. The van der Waals surface area contributed by atoms with Gasteiger partial charge in [0.1, 0.15) is 11.3 Å². The Hall–Kier alpha value is -2.43. The maximum Gasteiger partial charge on any atom is 0.241 e. The number of hydrogen-bond acceptors (Lipinski definition) is 4. The predicted molar refractivity (Wildman–Crippen MR) is 83.3 cm³/mol. The maximum absolute atomic E-state index is 4.57. The van der Waals surface area contributed by atoms with Crippen molar-refractivity contribution in [1.82, 2.24) is 19.6 Å². The number of aromatic nitrogens is 4. The van der Waals surface area contributed by atoms with E-state index in [1.165, 1.54) is 5.56 Å². The van der Waals surface area contributed by atoms with E-state index in [2.05, 4.69) is 39.4 Å². The molecule has 2 heterocycles. The summed E-state index contributed by atoms with van der Waals surface area (Å²) in [5, 5.41) is 7.82. The summed E-state index contributed by atoms with van der Waals surface area (Å²) >= 11 is 0. The van der Waals surface area contributed by atoms with Crippen LogP contribution < -0.4 is 5.32 Å². The first-order valence-electron chi connectivity index (χ1n) is 7.27. The summed E-state index contributed by atoms with van der Waals surface area (Å²) in [5.74, 6) is 1.62. The van der Waals surface area contributed by atoms with Crippen LogP contribution in [0.4, 0.5) is 5.95 Å². The Labute approximate surface area is 124 Å². The van der Waals surface area contributed by atoms with Crippen molar-refractivity contribution in [2.75, 3.05) is 5.32 Å². The second-order valence-electron chi connectivity index (χ2n) is 5.08. The molecule has 108 valence electrons. The van der Waals surface area contributed by atoms with Gasteiger partial charge in [0.25, 0.3) is 0 Å². The smallest absolute Gasteiger partial charge is 0.241 e. The van der Waals surface area contributed by atoms with Crippen molar-refractivity contribution in [3.8, 4) is 0 Å². The zero-order valence-electron chi connectivity index (χ0n) is 12.4. The highest BCUT2D eigenvalue weighted by Crippen LogP contribution is 2.13. The molecule has 1 N–H and O–H groups in total. The Balaban J connectivity index is 1.84. The lowest BCUT2D eigenvalue weighted by Gasteiger charge is -2.06. The number of nitrogens with one attached hydrogen (secondary N) is 1. The van der Waals surface area contributed by atoms with Gasteiger partial charge in [0.05, 0.1) is 11.9 Å². The zero-order valence-corrected chi connectivity index (χ0v) is 12.4. The van der Waals surface area contributed by atoms with E-state index >= 15 is 0 Å². The maximum atomic E-state index is 4.57. The second-order valence-corrected chi connectivity index (χ2v) is 5.08. The Kier molecular flexibility index (Phi) is 3.81. The fraction of sp³-hybridized carbons (Fsp3) is 0.312. The summed E-state index contributed by atoms with van der Waals surface area (Å²) in [6.07, 6.45) is 3.81. The molecule has 0 saturated carbocycles. The molecule has 3 aromatic rings. The monoisotopic (exact) mass is 281 g/mol. The van der Waals surface area contributed by atoms with Gasteiger partial charge in [0.2, 0.25) is 5.95 Å². The summed E-state index contributed by atoms with van der Waals surface area (Å²) < 4.78 is 1.90. The van der Waals surface area contributed by atoms with E-state index in [9.17, 15) is 0 Å². The first kappa shape index (κ1) is 13.5. The molecule has 1 aromatic carbocycles. The van der Waals surface area contributed by atoms with Gasteiger partial charge in [-0.1, -0.05) is 37.3 Å². The second kappa shape index (κ2) is 5.91. The fourth-order valence-corrected chi connectivity index (χ4v) is 2.34. The molecule has 0 bridgehead atoms. The first-order chi connectivity index (χ1) is 10.3. The van der Waals surface area contributed by atoms with Crippen molar-refractivity contribution in [2.24, 2.45) is 0 Å². The number of imidazole rings is 1. The standard InChI is InChI=1S/C16H19N5/c1-3-7-15-19-12(2)14-11-18-16(20-21(14)15)17-10-13-8-5-4-6-9-13/h4-6,8-9,11H,3,7,10H2,1-2H3,(H,17,20). The molecule has 0 radical (unpaired) electrons. The van der Waals surface area contributed by atoms with E-state index in [1.807, 2.05) is 35.8 Å². The van der Waals surface area contributed by atoms with E-state index in [4.69, 9.17) is 0 Å². The Morgan fingerprint density at radius 3 is 2.76 bits per heavy atom. The minimum Gasteiger partial charge on any atom is -0.349 e. The molecule has 0 aliphatic carbocycles. The summed E-state index contributed by atoms with van der Waals surface area (Å²) in [6, 6.07) is 10.2. The van der Waals surface area contributed by atoms with Gasteiger partial charge in [0, 0.05) is 13.0 Å². The third-order valence-corrected chi connectivity index (χ3v) is 3.41. The third-order valence-electron chi connectivity index (χ3n) is 3.41. The summed E-state index contributed by atoms with van der Waals surface area (Å²) in [4.78, 5) is 8.94. The van der Waals surface area contributed by atoms with Crippen molar-refractivity contribution in [3.63, 3.8) is 0 Å². The minimum absolute atomic E-state index is 0.626. The lowest BCUT2D eigenvalue weighted by Crippen LogP contribution is -2.07. The Bertz CT molecular complexity index is 733. The molecule has 0 fully saturated rings. The molecule has 5 nitrogen and oxygen atoms in total. The highest BCUT2D eigenvalue weighted by atomic mass is 15.3. The molecule has 21 heavy (non-hydrogen) atoms. The SMILES string of the molecule is CCCc1nc(C)c2cnc(NCc3ccccc3)nn12. The lowest BCUT2D eigenvalue weighted by molar-refractivity contribution is 0.766. The fourth-order valence-electron chi connectivity index (χ4n) is 2.34. The number of rotatable bonds is 5. The molecule has 2 aromatic heterocycles. The summed E-state index contributed by atoms with van der Waals surface area (Å²) in [5.41, 5.74) is 3.16. The van der Waals surface area contributed by atoms with Crippen LogP contribution in [0.5, 0.6) is 0 Å². The third kappa shape index (κ3) is 2.86. The van der Waals surface area contributed by atoms with Crippen molar-refractivity contribution in [3.05, 3.63) is 53.6 Å². The van der Waals surface area contributed by atoms with Gasteiger partial charge in [-0.25, -0.2) is 14.5 Å². The van der Waals surface area contributed by atoms with E-state index in [0.717, 1.165) is 29.9 Å². The summed E-state index contributed by atoms with van der Waals surface area (Å²) in [6.45, 7) is 4.85. The lowest BCUT2D eigenvalue weighted by atomic mass is 10.2. The minimum atomic E-state index is 0.626. The Morgan fingerprint density at radius 2 is 2.00 bits per heavy atom. The van der Waals surface area contributed by atoms with Gasteiger partial charge in [-0.2, -0.15) is 0 Å². The average molecular weight is 281 g/mol. The molecule has 0 aliphatic rings. The van der Waals surface area contributed by atoms with Crippen LogP contribution in [0, 0.1) is 6.92 Å². The van der Waals surface area contributed by atoms with Crippen LogP contribution in [0.3, 0.4) is 0 Å². The first-order valence-corrected chi connectivity index (χ1v) is 7.27. The molecular weight excluding hydrogens is 262 g/mol. The number of aryl methyl sites for hydroxylation is 2. The Morgan fingerprint density at radius 1 is 1.19 bits per heavy atom. The number of hydrogen-bond donors (Lipinski definition) is 1. The molecule has 0 aliphatic heterocycles. The number of benzene rings is 1. The molecule has 0 amide bonds. The van der Waals surface area contributed by atoms with Crippen molar-refractivity contribution in [2.45, 2.75) is 33.2 Å². The van der Waals surface area contributed by atoms with E-state index < -0.39 is 0 Å². The molecule has 0 spiro atoms. The van der Waals surface area contributed by atoms with Crippen LogP contribution >= 0.6 is 0 Å². The van der Waals surface area contributed by atoms with Crippen LogP contribution in [0.15, 0.2) is 36.5 Å². The van der Waals surface area contributed by atoms with E-state index in [-0.39, 0.29) is 0 Å². The number of nitrogens with zero attached hydrogens (tertiary/aromatic N) is 4. The van der Waals surface area contributed by atoms with Gasteiger partial charge < -0.3 is 5.32 Å². The summed E-state index contributed by atoms with van der Waals surface area (Å²) in [7, 11) is 0. The van der Waals surface area contributed by atoms with Gasteiger partial charge >= 0.3 is 0 Å². The average Bonchev–Trinajstić information content (AvgIpc) is 2.83. The van der Waals surface area contributed by atoms with E-state index in [0.29, 0.717) is 12.5 Å². The highest BCUT2D eigenvalue weighted by Gasteiger charge is 2.09. The molecular formula is C16H19N5. The van der Waals surface area contributed by atoms with Crippen LogP contribution in [0.1, 0.15) is 30.4 Å². The van der Waals surface area contributed by atoms with Crippen molar-refractivity contribution in [1.29, 1.82) is 0 Å².